The number of oxazole rings is 1. The van der Waals surface area contributed by atoms with Crippen LogP contribution in [0, 0.1) is 0 Å². The van der Waals surface area contributed by atoms with Crippen molar-refractivity contribution in [1.82, 2.24) is 10.3 Å². The summed E-state index contributed by atoms with van der Waals surface area (Å²) in [6, 6.07) is 9.59. The van der Waals surface area contributed by atoms with Gasteiger partial charge >= 0.3 is 6.01 Å². The molecule has 2 aromatic carbocycles. The molecule has 0 unspecified atom stereocenters. The standard InChI is InChI=1S/C17H12Cl2N4O3S/c1-8(24)20-10-3-5-13-14(7-10)26-16(21-13)23-17(27)22-15(25)9-2-4-11(18)12(19)6-9/h2-7H,1H3,(H,20,24)(H2,21,22,23,25,27). The minimum absolute atomic E-state index is 0.000266. The van der Waals surface area contributed by atoms with Gasteiger partial charge in [-0.3, -0.25) is 20.2 Å². The van der Waals surface area contributed by atoms with Crippen LogP contribution in [0.15, 0.2) is 40.8 Å². The molecule has 10 heteroatoms. The fraction of sp³-hybridized carbons (Fsp3) is 0.0588. The van der Waals surface area contributed by atoms with E-state index in [0.717, 1.165) is 0 Å². The van der Waals surface area contributed by atoms with E-state index in [2.05, 4.69) is 20.9 Å². The molecular weight excluding hydrogens is 411 g/mol. The van der Waals surface area contributed by atoms with Crippen molar-refractivity contribution in [3.8, 4) is 0 Å². The largest absolute Gasteiger partial charge is 0.423 e. The van der Waals surface area contributed by atoms with E-state index in [-0.39, 0.29) is 22.1 Å². The minimum Gasteiger partial charge on any atom is -0.423 e. The second-order valence-electron chi connectivity index (χ2n) is 5.42. The van der Waals surface area contributed by atoms with Crippen molar-refractivity contribution >= 4 is 75.1 Å². The van der Waals surface area contributed by atoms with E-state index in [1.54, 1.807) is 18.2 Å². The van der Waals surface area contributed by atoms with Gasteiger partial charge in [-0.25, -0.2) is 0 Å². The molecule has 7 nitrogen and oxygen atoms in total. The van der Waals surface area contributed by atoms with Crippen molar-refractivity contribution in [3.63, 3.8) is 0 Å². The molecule has 0 saturated heterocycles. The highest BCUT2D eigenvalue weighted by Crippen LogP contribution is 2.23. The summed E-state index contributed by atoms with van der Waals surface area (Å²) >= 11 is 16.8. The second kappa shape index (κ2) is 7.91. The highest BCUT2D eigenvalue weighted by Gasteiger charge is 2.13. The van der Waals surface area contributed by atoms with E-state index >= 15 is 0 Å². The van der Waals surface area contributed by atoms with Crippen molar-refractivity contribution < 1.29 is 14.0 Å². The summed E-state index contributed by atoms with van der Waals surface area (Å²) in [7, 11) is 0. The molecule has 27 heavy (non-hydrogen) atoms. The zero-order chi connectivity index (χ0) is 19.6. The van der Waals surface area contributed by atoms with Gasteiger partial charge in [0.15, 0.2) is 10.7 Å². The van der Waals surface area contributed by atoms with E-state index in [1.807, 2.05) is 0 Å². The number of halogens is 2. The lowest BCUT2D eigenvalue weighted by Crippen LogP contribution is -2.34. The lowest BCUT2D eigenvalue weighted by Gasteiger charge is -2.07. The first-order valence-electron chi connectivity index (χ1n) is 7.57. The SMILES string of the molecule is CC(=O)Nc1ccc2nc(NC(=S)NC(=O)c3ccc(Cl)c(Cl)c3)oc2c1. The number of nitrogens with one attached hydrogen (secondary N) is 3. The Morgan fingerprint density at radius 3 is 2.56 bits per heavy atom. The molecule has 2 amide bonds. The van der Waals surface area contributed by atoms with Crippen LogP contribution in [-0.2, 0) is 4.79 Å². The van der Waals surface area contributed by atoms with Crippen molar-refractivity contribution in [3.05, 3.63) is 52.0 Å². The smallest absolute Gasteiger partial charge is 0.302 e. The average Bonchev–Trinajstić information content (AvgIpc) is 2.97. The van der Waals surface area contributed by atoms with Crippen LogP contribution in [0.25, 0.3) is 11.1 Å². The molecule has 0 bridgehead atoms. The second-order valence-corrected chi connectivity index (χ2v) is 6.64. The number of anilines is 2. The molecule has 3 aromatic rings. The lowest BCUT2D eigenvalue weighted by atomic mass is 10.2. The van der Waals surface area contributed by atoms with Gasteiger partial charge in [-0.05, 0) is 42.5 Å². The summed E-state index contributed by atoms with van der Waals surface area (Å²) in [4.78, 5) is 27.5. The number of rotatable bonds is 3. The molecule has 1 aromatic heterocycles. The number of nitrogens with zero attached hydrogens (tertiary/aromatic N) is 1. The number of aromatic nitrogens is 1. The maximum absolute atomic E-state index is 12.2. The van der Waals surface area contributed by atoms with Crippen LogP contribution in [0.2, 0.25) is 10.0 Å². The number of carbonyl (C=O) groups is 2. The van der Waals surface area contributed by atoms with E-state index < -0.39 is 5.91 Å². The van der Waals surface area contributed by atoms with Crippen molar-refractivity contribution in [2.75, 3.05) is 10.6 Å². The molecule has 0 aliphatic carbocycles. The van der Waals surface area contributed by atoms with Crippen LogP contribution in [0.1, 0.15) is 17.3 Å². The van der Waals surface area contributed by atoms with E-state index in [1.165, 1.54) is 25.1 Å². The molecule has 138 valence electrons. The van der Waals surface area contributed by atoms with Gasteiger partial charge in [-0.1, -0.05) is 23.2 Å². The fourth-order valence-corrected chi connectivity index (χ4v) is 2.68. The van der Waals surface area contributed by atoms with Gasteiger partial charge in [0.25, 0.3) is 5.91 Å². The Bertz CT molecular complexity index is 1070. The van der Waals surface area contributed by atoms with Crippen molar-refractivity contribution in [2.45, 2.75) is 6.92 Å². The van der Waals surface area contributed by atoms with Gasteiger partial charge < -0.3 is 9.73 Å². The van der Waals surface area contributed by atoms with E-state index in [0.29, 0.717) is 27.4 Å². The molecule has 3 N–H and O–H groups in total. The van der Waals surface area contributed by atoms with Gasteiger partial charge in [-0.15, -0.1) is 0 Å². The first-order chi connectivity index (χ1) is 12.8. The Kier molecular flexibility index (Phi) is 5.59. The Labute approximate surface area is 169 Å². The zero-order valence-electron chi connectivity index (χ0n) is 13.8. The first kappa shape index (κ1) is 19.1. The summed E-state index contributed by atoms with van der Waals surface area (Å²) in [6.07, 6.45) is 0. The molecule has 1 heterocycles. The predicted molar refractivity (Wildman–Crippen MR) is 108 cm³/mol. The summed E-state index contributed by atoms with van der Waals surface area (Å²) in [5.41, 5.74) is 1.88. The molecule has 0 saturated carbocycles. The minimum atomic E-state index is -0.463. The number of fused-ring (bicyclic) bond motifs is 1. The fourth-order valence-electron chi connectivity index (χ4n) is 2.20. The molecule has 3 rings (SSSR count). The number of thiocarbonyl (C=S) groups is 1. The third kappa shape index (κ3) is 4.73. The Morgan fingerprint density at radius 1 is 1.07 bits per heavy atom. The van der Waals surface area contributed by atoms with Crippen LogP contribution < -0.4 is 16.0 Å². The Balaban J connectivity index is 1.68. The topological polar surface area (TPSA) is 96.3 Å². The molecule has 0 atom stereocenters. The van der Waals surface area contributed by atoms with Gasteiger partial charge in [0.1, 0.15) is 5.52 Å². The van der Waals surface area contributed by atoms with Gasteiger partial charge in [0.05, 0.1) is 10.0 Å². The van der Waals surface area contributed by atoms with Crippen molar-refractivity contribution in [1.29, 1.82) is 0 Å². The molecule has 0 aliphatic heterocycles. The van der Waals surface area contributed by atoms with Crippen molar-refractivity contribution in [2.24, 2.45) is 0 Å². The lowest BCUT2D eigenvalue weighted by molar-refractivity contribution is -0.114. The maximum atomic E-state index is 12.2. The Morgan fingerprint density at radius 2 is 1.85 bits per heavy atom. The first-order valence-corrected chi connectivity index (χ1v) is 8.74. The third-order valence-corrected chi connectivity index (χ3v) is 4.28. The van der Waals surface area contributed by atoms with E-state index in [9.17, 15) is 9.59 Å². The monoisotopic (exact) mass is 422 g/mol. The highest BCUT2D eigenvalue weighted by atomic mass is 35.5. The zero-order valence-corrected chi connectivity index (χ0v) is 16.1. The quantitative estimate of drug-likeness (QED) is 0.546. The van der Waals surface area contributed by atoms with Crippen LogP contribution in [0.5, 0.6) is 0 Å². The number of amides is 2. The maximum Gasteiger partial charge on any atom is 0.302 e. The molecule has 0 spiro atoms. The van der Waals surface area contributed by atoms with Crippen LogP contribution in [0.4, 0.5) is 11.7 Å². The summed E-state index contributed by atoms with van der Waals surface area (Å²) < 4.78 is 5.53. The number of hydrogen-bond donors (Lipinski definition) is 3. The normalized spacial score (nSPS) is 10.5. The average molecular weight is 423 g/mol. The molecular formula is C17H12Cl2N4O3S. The van der Waals surface area contributed by atoms with Gasteiger partial charge in [0, 0.05) is 24.2 Å². The van der Waals surface area contributed by atoms with Gasteiger partial charge in [0.2, 0.25) is 5.91 Å². The molecule has 0 radical (unpaired) electrons. The summed E-state index contributed by atoms with van der Waals surface area (Å²) in [6.45, 7) is 1.41. The summed E-state index contributed by atoms with van der Waals surface area (Å²) in [5, 5.41) is 8.45. The number of carbonyl (C=O) groups excluding carboxylic acids is 2. The number of hydrogen-bond acceptors (Lipinski definition) is 5. The number of benzene rings is 2. The van der Waals surface area contributed by atoms with Crippen LogP contribution in [0.3, 0.4) is 0 Å². The van der Waals surface area contributed by atoms with Crippen LogP contribution in [-0.4, -0.2) is 21.9 Å². The molecule has 0 fully saturated rings. The highest BCUT2D eigenvalue weighted by molar-refractivity contribution is 7.80. The Hall–Kier alpha value is -2.68. The van der Waals surface area contributed by atoms with Gasteiger partial charge in [-0.2, -0.15) is 4.98 Å². The predicted octanol–water partition coefficient (Wildman–Crippen LogP) is 4.22. The van der Waals surface area contributed by atoms with Crippen LogP contribution >= 0.6 is 35.4 Å². The molecule has 0 aliphatic rings. The summed E-state index contributed by atoms with van der Waals surface area (Å²) in [5.74, 6) is -0.659. The van der Waals surface area contributed by atoms with E-state index in [4.69, 9.17) is 39.8 Å². The third-order valence-electron chi connectivity index (χ3n) is 3.34.